The van der Waals surface area contributed by atoms with Gasteiger partial charge in [0.05, 0.1) is 11.2 Å². The van der Waals surface area contributed by atoms with E-state index in [0.717, 1.165) is 6.26 Å². The van der Waals surface area contributed by atoms with Crippen LogP contribution in [0.15, 0.2) is 41.3 Å². The number of benzene rings is 2. The second-order valence-electron chi connectivity index (χ2n) is 4.06. The zero-order valence-corrected chi connectivity index (χ0v) is 11.6. The van der Waals surface area contributed by atoms with Gasteiger partial charge in [0, 0.05) is 11.1 Å². The van der Waals surface area contributed by atoms with Gasteiger partial charge in [-0.15, -0.1) is 4.13 Å². The van der Waals surface area contributed by atoms with Gasteiger partial charge in [0.1, 0.15) is 0 Å². The minimum Gasteiger partial charge on any atom is -0.398 e. The number of nitrogens with one attached hydrogen (secondary N) is 1. The highest BCUT2D eigenvalue weighted by atomic mass is 32.3. The second-order valence-corrected chi connectivity index (χ2v) is 7.72. The Hall–Kier alpha value is -1.64. The molecule has 0 unspecified atom stereocenters. The molecule has 0 amide bonds. The normalized spacial score (nSPS) is 12.7. The Morgan fingerprint density at radius 2 is 1.58 bits per heavy atom. The van der Waals surface area contributed by atoms with Gasteiger partial charge in [0.15, 0.2) is 0 Å². The third kappa shape index (κ3) is 2.86. The van der Waals surface area contributed by atoms with Crippen LogP contribution in [-0.2, 0) is 20.0 Å². The molecule has 0 radical (unpaired) electrons. The molecule has 0 aliphatic heterocycles. The highest BCUT2D eigenvalue weighted by Gasteiger charge is 2.22. The quantitative estimate of drug-likeness (QED) is 0.810. The van der Waals surface area contributed by atoms with E-state index in [4.69, 9.17) is 5.73 Å². The Morgan fingerprint density at radius 1 is 1.00 bits per heavy atom. The van der Waals surface area contributed by atoms with Gasteiger partial charge in [-0.3, -0.25) is 0 Å². The summed E-state index contributed by atoms with van der Waals surface area (Å²) >= 11 is 0. The maximum absolute atomic E-state index is 12.1. The predicted octanol–water partition coefficient (Wildman–Crippen LogP) is 0.660. The first-order valence-corrected chi connectivity index (χ1v) is 8.59. The van der Waals surface area contributed by atoms with Crippen molar-refractivity contribution in [1.29, 1.82) is 0 Å². The zero-order valence-electron chi connectivity index (χ0n) is 9.99. The fraction of sp³-hybridized carbons (Fsp3) is 0.0909. The molecule has 2 aromatic carbocycles. The largest absolute Gasteiger partial charge is 0.398 e. The van der Waals surface area contributed by atoms with Crippen LogP contribution in [0.25, 0.3) is 10.8 Å². The van der Waals surface area contributed by atoms with E-state index in [1.807, 2.05) is 0 Å². The van der Waals surface area contributed by atoms with E-state index in [1.165, 1.54) is 12.1 Å². The van der Waals surface area contributed by atoms with E-state index in [9.17, 15) is 16.8 Å². The molecule has 0 atom stereocenters. The van der Waals surface area contributed by atoms with Gasteiger partial charge in [-0.05, 0) is 17.5 Å². The minimum absolute atomic E-state index is 0.159. The molecule has 0 saturated heterocycles. The van der Waals surface area contributed by atoms with Gasteiger partial charge in [0.2, 0.25) is 10.0 Å². The Morgan fingerprint density at radius 3 is 2.16 bits per heavy atom. The third-order valence-electron chi connectivity index (χ3n) is 2.45. The van der Waals surface area contributed by atoms with Crippen molar-refractivity contribution in [2.45, 2.75) is 4.90 Å². The number of hydrogen-bond donors (Lipinski definition) is 2. The summed E-state index contributed by atoms with van der Waals surface area (Å²) in [5.41, 5.74) is 6.05. The lowest BCUT2D eigenvalue weighted by Crippen LogP contribution is -2.29. The Bertz CT molecular complexity index is 837. The maximum atomic E-state index is 12.1. The van der Waals surface area contributed by atoms with Crippen molar-refractivity contribution in [2.75, 3.05) is 12.0 Å². The summed E-state index contributed by atoms with van der Waals surface area (Å²) in [7, 11) is -8.08. The Labute approximate surface area is 111 Å². The molecule has 0 saturated carbocycles. The molecule has 2 rings (SSSR count). The van der Waals surface area contributed by atoms with Crippen LogP contribution in [0.4, 0.5) is 5.69 Å². The lowest BCUT2D eigenvalue weighted by Gasteiger charge is -2.10. The standard InChI is InChI=1S/C11H12N2O4S2/c1-18(14,15)13-19(16,17)10-7-3-5-8-4-2-6-9(12)11(8)10/h2-7,13H,12H2,1H3. The summed E-state index contributed by atoms with van der Waals surface area (Å²) in [4.78, 5) is -0.159. The fourth-order valence-corrected chi connectivity index (χ4v) is 4.52. The molecule has 6 nitrogen and oxygen atoms in total. The van der Waals surface area contributed by atoms with E-state index < -0.39 is 20.0 Å². The van der Waals surface area contributed by atoms with Crippen molar-refractivity contribution >= 4 is 36.5 Å². The van der Waals surface area contributed by atoms with Crippen molar-refractivity contribution in [3.8, 4) is 0 Å². The van der Waals surface area contributed by atoms with Crippen molar-refractivity contribution in [1.82, 2.24) is 4.13 Å². The third-order valence-corrected chi connectivity index (χ3v) is 5.46. The van der Waals surface area contributed by atoms with Gasteiger partial charge in [0.25, 0.3) is 10.0 Å². The molecule has 2 aromatic rings. The van der Waals surface area contributed by atoms with E-state index in [1.54, 1.807) is 28.4 Å². The van der Waals surface area contributed by atoms with E-state index in [2.05, 4.69) is 0 Å². The molecule has 0 fully saturated rings. The van der Waals surface area contributed by atoms with E-state index in [0.29, 0.717) is 10.8 Å². The molecule has 0 aliphatic carbocycles. The first-order valence-electron chi connectivity index (χ1n) is 5.21. The topological polar surface area (TPSA) is 106 Å². The first kappa shape index (κ1) is 13.8. The summed E-state index contributed by atoms with van der Waals surface area (Å²) in [6.45, 7) is 0. The van der Waals surface area contributed by atoms with Crippen LogP contribution < -0.4 is 9.86 Å². The molecule has 3 N–H and O–H groups in total. The summed E-state index contributed by atoms with van der Waals surface area (Å²) in [5.74, 6) is 0. The molecule has 0 aromatic heterocycles. The van der Waals surface area contributed by atoms with Gasteiger partial charge in [-0.25, -0.2) is 16.8 Å². The van der Waals surface area contributed by atoms with Crippen LogP contribution in [0.2, 0.25) is 0 Å². The SMILES string of the molecule is CS(=O)(=O)NS(=O)(=O)c1cccc2cccc(N)c12. The number of nitrogens with two attached hydrogens (primary N) is 1. The number of nitrogen functional groups attached to an aromatic ring is 1. The molecule has 0 spiro atoms. The summed E-state index contributed by atoms with van der Waals surface area (Å²) in [5, 5.41) is 0.928. The van der Waals surface area contributed by atoms with E-state index in [-0.39, 0.29) is 10.6 Å². The van der Waals surface area contributed by atoms with Crippen molar-refractivity contribution < 1.29 is 16.8 Å². The molecule has 102 valence electrons. The predicted molar refractivity (Wildman–Crippen MR) is 73.5 cm³/mol. The fourth-order valence-electron chi connectivity index (χ4n) is 1.80. The van der Waals surface area contributed by atoms with Crippen LogP contribution in [0.3, 0.4) is 0 Å². The van der Waals surface area contributed by atoms with Crippen LogP contribution in [0.5, 0.6) is 0 Å². The van der Waals surface area contributed by atoms with Gasteiger partial charge >= 0.3 is 0 Å². The number of sulfonamides is 2. The molecule has 19 heavy (non-hydrogen) atoms. The first-order chi connectivity index (χ1) is 8.71. The highest BCUT2D eigenvalue weighted by molar-refractivity contribution is 8.04. The average molecular weight is 300 g/mol. The van der Waals surface area contributed by atoms with Gasteiger partial charge < -0.3 is 5.73 Å². The summed E-state index contributed by atoms with van der Waals surface area (Å²) in [6.07, 6.45) is 0.777. The van der Waals surface area contributed by atoms with Crippen LogP contribution >= 0.6 is 0 Å². The molecule has 0 bridgehead atoms. The molecule has 0 aliphatic rings. The monoisotopic (exact) mass is 300 g/mol. The number of hydrogen-bond acceptors (Lipinski definition) is 5. The minimum atomic E-state index is -4.19. The molecular weight excluding hydrogens is 288 g/mol. The lowest BCUT2D eigenvalue weighted by molar-refractivity contribution is 0.580. The lowest BCUT2D eigenvalue weighted by atomic mass is 10.1. The van der Waals surface area contributed by atoms with Gasteiger partial charge in [-0.2, -0.15) is 0 Å². The average Bonchev–Trinajstić information content (AvgIpc) is 2.25. The van der Waals surface area contributed by atoms with Crippen LogP contribution in [0.1, 0.15) is 0 Å². The number of rotatable bonds is 3. The molecular formula is C11H12N2O4S2. The summed E-state index contributed by atoms with van der Waals surface area (Å²) in [6, 6.07) is 9.49. The Balaban J connectivity index is 2.77. The Kier molecular flexibility index (Phi) is 3.25. The van der Waals surface area contributed by atoms with Crippen LogP contribution in [-0.4, -0.2) is 23.1 Å². The zero-order chi connectivity index (χ0) is 14.3. The van der Waals surface area contributed by atoms with Crippen molar-refractivity contribution in [3.05, 3.63) is 36.4 Å². The van der Waals surface area contributed by atoms with Crippen molar-refractivity contribution in [2.24, 2.45) is 0 Å². The second kappa shape index (κ2) is 4.48. The maximum Gasteiger partial charge on any atom is 0.254 e. The van der Waals surface area contributed by atoms with Gasteiger partial charge in [-0.1, -0.05) is 24.3 Å². The van der Waals surface area contributed by atoms with E-state index >= 15 is 0 Å². The van der Waals surface area contributed by atoms with Crippen LogP contribution in [0, 0.1) is 0 Å². The molecule has 0 heterocycles. The molecule has 8 heteroatoms. The summed E-state index contributed by atoms with van der Waals surface area (Å²) < 4.78 is 48.0. The number of fused-ring (bicyclic) bond motifs is 1. The number of anilines is 1. The highest BCUT2D eigenvalue weighted by Crippen LogP contribution is 2.28. The van der Waals surface area contributed by atoms with Crippen molar-refractivity contribution in [3.63, 3.8) is 0 Å². The smallest absolute Gasteiger partial charge is 0.254 e.